The molecule has 6 aromatic rings. The monoisotopic (exact) mass is 981 g/mol. The van der Waals surface area contributed by atoms with Gasteiger partial charge in [0.2, 0.25) is 5.91 Å². The fourth-order valence-corrected chi connectivity index (χ4v) is 11.2. The van der Waals surface area contributed by atoms with Gasteiger partial charge in [-0.1, -0.05) is 12.1 Å². The number of H-pyrrole nitrogens is 2. The third-order valence-corrected chi connectivity index (χ3v) is 14.7. The van der Waals surface area contributed by atoms with Gasteiger partial charge in [0.25, 0.3) is 31.8 Å². The Labute approximate surface area is 393 Å². The van der Waals surface area contributed by atoms with Crippen LogP contribution in [0.15, 0.2) is 70.5 Å². The molecule has 0 fully saturated rings. The van der Waals surface area contributed by atoms with Crippen LogP contribution >= 0.6 is 0 Å². The Morgan fingerprint density at radius 2 is 1.38 bits per heavy atom. The van der Waals surface area contributed by atoms with Crippen LogP contribution in [0.2, 0.25) is 0 Å². The van der Waals surface area contributed by atoms with E-state index < -0.39 is 64.6 Å². The molecule has 0 saturated carbocycles. The molecule has 4 aromatic carbocycles. The number of aromatic nitrogens is 2. The molecule has 0 aliphatic carbocycles. The predicted molar refractivity (Wildman–Crippen MR) is 250 cm³/mol. The second-order valence-corrected chi connectivity index (χ2v) is 21.0. The van der Waals surface area contributed by atoms with Gasteiger partial charge in [0, 0.05) is 72.3 Å². The zero-order valence-corrected chi connectivity index (χ0v) is 38.7. The highest BCUT2D eigenvalue weighted by Gasteiger charge is 2.42. The second-order valence-electron chi connectivity index (χ2n) is 18.3. The molecule has 4 aliphatic heterocycles. The highest BCUT2D eigenvalue weighted by molar-refractivity contribution is 7.86. The number of hydrogen-bond donors (Lipinski definition) is 5. The number of amides is 3. The molecule has 0 spiro atoms. The van der Waals surface area contributed by atoms with Crippen molar-refractivity contribution in [3.05, 3.63) is 110 Å². The van der Waals surface area contributed by atoms with Gasteiger partial charge in [-0.15, -0.1) is 0 Å². The van der Waals surface area contributed by atoms with Gasteiger partial charge in [-0.2, -0.15) is 16.8 Å². The number of hydrogen-bond acceptors (Lipinski definition) is 13. The van der Waals surface area contributed by atoms with Crippen LogP contribution in [0.5, 0.6) is 0 Å². The van der Waals surface area contributed by atoms with Crippen molar-refractivity contribution in [3.63, 3.8) is 0 Å². The summed E-state index contributed by atoms with van der Waals surface area (Å²) in [4.78, 5) is 74.4. The number of rotatable bonds is 9. The lowest BCUT2D eigenvalue weighted by atomic mass is 10.00. The molecule has 10 rings (SSSR count). The predicted octanol–water partition coefficient (Wildman–Crippen LogP) is 5.88. The van der Waals surface area contributed by atoms with Crippen LogP contribution in [0.4, 0.5) is 33.2 Å². The van der Waals surface area contributed by atoms with Crippen LogP contribution in [0.1, 0.15) is 69.6 Å². The van der Waals surface area contributed by atoms with E-state index in [4.69, 9.17) is 9.47 Å². The molecule has 4 aliphatic rings. The van der Waals surface area contributed by atoms with Crippen molar-refractivity contribution in [1.82, 2.24) is 9.97 Å². The molecule has 1 atom stereocenters. The number of carbonyl (C=O) groups is 4. The molecule has 0 bridgehead atoms. The van der Waals surface area contributed by atoms with E-state index in [2.05, 4.69) is 15.3 Å². The Morgan fingerprint density at radius 1 is 0.754 bits per heavy atom. The number of nitrogens with zero attached hydrogens (tertiary/aromatic N) is 4. The summed E-state index contributed by atoms with van der Waals surface area (Å²) in [6, 6.07) is 13.9. The lowest BCUT2D eigenvalue weighted by Crippen LogP contribution is -2.41. The number of esters is 1. The average Bonchev–Trinajstić information content (AvgIpc) is 4.13. The minimum Gasteiger partial charge on any atom is -0.461 e. The first kappa shape index (κ1) is 45.4. The zero-order chi connectivity index (χ0) is 49.1. The van der Waals surface area contributed by atoms with Crippen LogP contribution in [0.25, 0.3) is 21.8 Å². The molecule has 1 unspecified atom stereocenters. The third kappa shape index (κ3) is 7.99. The van der Waals surface area contributed by atoms with Crippen LogP contribution in [0, 0.1) is 10.1 Å². The summed E-state index contributed by atoms with van der Waals surface area (Å²) >= 11 is 0. The van der Waals surface area contributed by atoms with E-state index in [0.717, 1.165) is 17.2 Å². The molecule has 0 saturated heterocycles. The van der Waals surface area contributed by atoms with Crippen molar-refractivity contribution in [2.45, 2.75) is 74.3 Å². The molecular formula is C46H43N7O14S2. The van der Waals surface area contributed by atoms with Gasteiger partial charge in [0.05, 0.1) is 28.4 Å². The Kier molecular flexibility index (Phi) is 10.6. The van der Waals surface area contributed by atoms with Crippen LogP contribution < -0.4 is 20.0 Å². The van der Waals surface area contributed by atoms with Crippen molar-refractivity contribution in [2.75, 3.05) is 46.3 Å². The quantitative estimate of drug-likeness (QED) is 0.0489. The SMILES string of the molecule is CC(C)(C)OC(=O)N1CCc2c1cc(S(=O)(=O)O)c1[nH]c(C(=O)N3CCc4c3cc(S(=O)(=O)O)c3c4CC(C(=O)N4CCc5c4ccc4[nH]c(C(=O)OCCc6ccc([N+](=O)[O-])cc6)cc54)N3)cc21. The number of nitro groups is 1. The number of benzene rings is 4. The van der Waals surface area contributed by atoms with Gasteiger partial charge < -0.3 is 34.6 Å². The minimum atomic E-state index is -4.94. The maximum Gasteiger partial charge on any atom is 0.414 e. The van der Waals surface area contributed by atoms with Crippen LogP contribution in [-0.2, 0) is 66.6 Å². The molecule has 23 heteroatoms. The van der Waals surface area contributed by atoms with Gasteiger partial charge in [-0.05, 0) is 104 Å². The second kappa shape index (κ2) is 16.1. The summed E-state index contributed by atoms with van der Waals surface area (Å²) < 4.78 is 83.3. The lowest BCUT2D eigenvalue weighted by Gasteiger charge is -2.25. The summed E-state index contributed by atoms with van der Waals surface area (Å²) in [5.41, 5.74) is 3.85. The maximum absolute atomic E-state index is 14.4. The first-order chi connectivity index (χ1) is 32.6. The molecule has 3 amide bonds. The smallest absolute Gasteiger partial charge is 0.414 e. The summed E-state index contributed by atoms with van der Waals surface area (Å²) in [6.45, 7) is 5.56. The number of anilines is 4. The molecule has 0 radical (unpaired) electrons. The standard InChI is InChI=1S/C46H43N7O14S2/c1-46(2,3)67-45(57)52-16-12-27-30-20-33(49-41(30)39(22-37(27)52)69(63,64)65)43(55)51-15-11-26-29-19-32(48-40(29)38(21-36(26)51)68(60,61)62)42(54)50-14-10-25-28-18-34(47-31(28)8-9-35(25)50)44(56)66-17-13-23-4-6-24(7-5-23)53(58)59/h4-9,18,20-22,32,47-49H,10-17,19H2,1-3H3,(H,60,61,62)(H,63,64,65). The average molecular weight is 982 g/mol. The van der Waals surface area contributed by atoms with E-state index in [1.54, 1.807) is 56.0 Å². The van der Waals surface area contributed by atoms with E-state index in [0.29, 0.717) is 46.1 Å². The molecule has 5 N–H and O–H groups in total. The van der Waals surface area contributed by atoms with Gasteiger partial charge in [0.1, 0.15) is 32.8 Å². The Morgan fingerprint density at radius 3 is 2.06 bits per heavy atom. The van der Waals surface area contributed by atoms with E-state index in [9.17, 15) is 55.2 Å². The van der Waals surface area contributed by atoms with E-state index in [1.807, 2.05) is 0 Å². The number of fused-ring (bicyclic) bond motifs is 9. The Hall–Kier alpha value is -7.34. The normalized spacial score (nSPS) is 16.4. The number of non-ortho nitro benzene ring substituents is 1. The van der Waals surface area contributed by atoms with Gasteiger partial charge in [0.15, 0.2) is 0 Å². The molecule has 2 aromatic heterocycles. The topological polar surface area (TPSA) is 292 Å². The summed E-state index contributed by atoms with van der Waals surface area (Å²) in [6.07, 6.45) is 0.597. The molecule has 6 heterocycles. The summed E-state index contributed by atoms with van der Waals surface area (Å²) in [5, 5.41) is 15.0. The van der Waals surface area contributed by atoms with Crippen molar-refractivity contribution >= 4 is 94.4 Å². The van der Waals surface area contributed by atoms with Crippen LogP contribution in [-0.4, -0.2) is 103 Å². The third-order valence-electron chi connectivity index (χ3n) is 12.9. The van der Waals surface area contributed by atoms with E-state index >= 15 is 0 Å². The summed E-state index contributed by atoms with van der Waals surface area (Å²) in [5.74, 6) is -1.66. The lowest BCUT2D eigenvalue weighted by molar-refractivity contribution is -0.384. The van der Waals surface area contributed by atoms with Crippen LogP contribution in [0.3, 0.4) is 0 Å². The fourth-order valence-electron chi connectivity index (χ4n) is 9.87. The van der Waals surface area contributed by atoms with Gasteiger partial charge >= 0.3 is 12.1 Å². The molecule has 358 valence electrons. The van der Waals surface area contributed by atoms with Crippen molar-refractivity contribution in [2.24, 2.45) is 0 Å². The largest absolute Gasteiger partial charge is 0.461 e. The number of ether oxygens (including phenoxy) is 2. The van der Waals surface area contributed by atoms with Gasteiger partial charge in [-0.3, -0.25) is 33.7 Å². The van der Waals surface area contributed by atoms with Crippen molar-refractivity contribution in [3.8, 4) is 0 Å². The maximum atomic E-state index is 14.4. The van der Waals surface area contributed by atoms with E-state index in [-0.39, 0.29) is 96.5 Å². The van der Waals surface area contributed by atoms with E-state index in [1.165, 1.54) is 34.1 Å². The molecule has 69 heavy (non-hydrogen) atoms. The fraction of sp³-hybridized carbons (Fsp3) is 0.304. The summed E-state index contributed by atoms with van der Waals surface area (Å²) in [7, 11) is -9.84. The first-order valence-electron chi connectivity index (χ1n) is 21.8. The Balaban J connectivity index is 0.893. The zero-order valence-electron chi connectivity index (χ0n) is 37.1. The first-order valence-corrected chi connectivity index (χ1v) is 24.7. The Bertz CT molecular complexity index is 3490. The number of nitrogens with one attached hydrogen (secondary N) is 3. The number of aromatic amines is 2. The van der Waals surface area contributed by atoms with Crippen molar-refractivity contribution < 1.29 is 59.5 Å². The highest BCUT2D eigenvalue weighted by atomic mass is 32.2. The molecule has 21 nitrogen and oxygen atoms in total. The molecular weight excluding hydrogens is 939 g/mol. The highest BCUT2D eigenvalue weighted by Crippen LogP contribution is 2.46. The minimum absolute atomic E-state index is 0.0143. The van der Waals surface area contributed by atoms with Crippen molar-refractivity contribution in [1.29, 1.82) is 0 Å². The number of nitro benzene ring substituents is 1. The number of carbonyl (C=O) groups excluding carboxylic acids is 4. The van der Waals surface area contributed by atoms with Gasteiger partial charge in [-0.25, -0.2) is 9.59 Å².